The van der Waals surface area contributed by atoms with Crippen molar-refractivity contribution in [3.05, 3.63) is 42.1 Å². The Kier molecular flexibility index (Phi) is 5.24. The molecule has 0 atom stereocenters. The summed E-state index contributed by atoms with van der Waals surface area (Å²) in [4.78, 5) is 20.6. The third-order valence-electron chi connectivity index (χ3n) is 4.11. The highest BCUT2D eigenvalue weighted by atomic mass is 16.3. The van der Waals surface area contributed by atoms with Crippen molar-refractivity contribution in [2.24, 2.45) is 0 Å². The highest BCUT2D eigenvalue weighted by Gasteiger charge is 2.16. The summed E-state index contributed by atoms with van der Waals surface area (Å²) in [5.41, 5.74) is 0.498. The van der Waals surface area contributed by atoms with Crippen LogP contribution in [-0.4, -0.2) is 21.9 Å². The van der Waals surface area contributed by atoms with Gasteiger partial charge in [-0.25, -0.2) is 9.97 Å². The standard InChI is InChI=1S/C17H22N4O2/c22-16(21-14-6-3-1-2-4-7-14)13-10-18-17(19-11-13)20-12-15-8-5-9-23-15/h5,8-11,14H,1-4,6-7,12H2,(H,21,22)(H,18,19,20). The summed E-state index contributed by atoms with van der Waals surface area (Å²) >= 11 is 0. The van der Waals surface area contributed by atoms with Gasteiger partial charge in [0.1, 0.15) is 5.76 Å². The quantitative estimate of drug-likeness (QED) is 0.829. The summed E-state index contributed by atoms with van der Waals surface area (Å²) in [5, 5.41) is 6.15. The van der Waals surface area contributed by atoms with E-state index in [1.54, 1.807) is 18.7 Å². The lowest BCUT2D eigenvalue weighted by atomic mass is 10.1. The molecule has 6 nitrogen and oxygen atoms in total. The van der Waals surface area contributed by atoms with Gasteiger partial charge in [-0.2, -0.15) is 0 Å². The molecule has 2 aromatic rings. The van der Waals surface area contributed by atoms with Gasteiger partial charge in [0.25, 0.3) is 5.91 Å². The first-order valence-corrected chi connectivity index (χ1v) is 8.20. The Labute approximate surface area is 135 Å². The largest absolute Gasteiger partial charge is 0.467 e. The molecule has 23 heavy (non-hydrogen) atoms. The number of anilines is 1. The highest BCUT2D eigenvalue weighted by molar-refractivity contribution is 5.93. The predicted octanol–water partition coefficient (Wildman–Crippen LogP) is 3.13. The number of hydrogen-bond donors (Lipinski definition) is 2. The minimum atomic E-state index is -0.0884. The van der Waals surface area contributed by atoms with E-state index in [0.717, 1.165) is 18.6 Å². The lowest BCUT2D eigenvalue weighted by Gasteiger charge is -2.16. The second kappa shape index (κ2) is 7.76. The van der Waals surface area contributed by atoms with Crippen LogP contribution in [0.4, 0.5) is 5.95 Å². The normalized spacial score (nSPS) is 15.8. The minimum absolute atomic E-state index is 0.0884. The van der Waals surface area contributed by atoms with Gasteiger partial charge in [0.2, 0.25) is 5.95 Å². The van der Waals surface area contributed by atoms with E-state index in [-0.39, 0.29) is 11.9 Å². The molecule has 1 fully saturated rings. The molecule has 0 aromatic carbocycles. The Balaban J connectivity index is 1.52. The van der Waals surface area contributed by atoms with Gasteiger partial charge >= 0.3 is 0 Å². The third-order valence-corrected chi connectivity index (χ3v) is 4.11. The zero-order chi connectivity index (χ0) is 15.9. The zero-order valence-electron chi connectivity index (χ0n) is 13.1. The number of amides is 1. The fourth-order valence-corrected chi connectivity index (χ4v) is 2.81. The van der Waals surface area contributed by atoms with Gasteiger partial charge < -0.3 is 15.1 Å². The molecule has 6 heteroatoms. The average molecular weight is 314 g/mol. The molecule has 2 aromatic heterocycles. The summed E-state index contributed by atoms with van der Waals surface area (Å²) in [6.07, 6.45) is 11.8. The molecule has 0 saturated heterocycles. The molecular formula is C17H22N4O2. The van der Waals surface area contributed by atoms with Crippen LogP contribution in [0.2, 0.25) is 0 Å². The van der Waals surface area contributed by atoms with E-state index in [1.807, 2.05) is 12.1 Å². The zero-order valence-corrected chi connectivity index (χ0v) is 13.1. The van der Waals surface area contributed by atoms with E-state index < -0.39 is 0 Å². The average Bonchev–Trinajstić information content (AvgIpc) is 2.97. The molecule has 2 N–H and O–H groups in total. The molecule has 1 amide bonds. The van der Waals surface area contributed by atoms with Crippen molar-refractivity contribution in [2.75, 3.05) is 5.32 Å². The topological polar surface area (TPSA) is 80.0 Å². The molecule has 1 aliphatic carbocycles. The second-order valence-electron chi connectivity index (χ2n) is 5.89. The van der Waals surface area contributed by atoms with Gasteiger partial charge in [-0.15, -0.1) is 0 Å². The van der Waals surface area contributed by atoms with Crippen LogP contribution < -0.4 is 10.6 Å². The van der Waals surface area contributed by atoms with E-state index >= 15 is 0 Å². The van der Waals surface area contributed by atoms with Crippen molar-refractivity contribution >= 4 is 11.9 Å². The van der Waals surface area contributed by atoms with Crippen LogP contribution in [0, 0.1) is 0 Å². The van der Waals surface area contributed by atoms with E-state index in [4.69, 9.17) is 4.42 Å². The SMILES string of the molecule is O=C(NC1CCCCCC1)c1cnc(NCc2ccco2)nc1. The van der Waals surface area contributed by atoms with Crippen molar-refractivity contribution in [2.45, 2.75) is 51.1 Å². The molecule has 0 aliphatic heterocycles. The fraction of sp³-hybridized carbons (Fsp3) is 0.471. The molecular weight excluding hydrogens is 292 g/mol. The number of carbonyl (C=O) groups excluding carboxylic acids is 1. The van der Waals surface area contributed by atoms with Crippen LogP contribution in [0.5, 0.6) is 0 Å². The summed E-state index contributed by atoms with van der Waals surface area (Å²) in [6, 6.07) is 3.99. The highest BCUT2D eigenvalue weighted by Crippen LogP contribution is 2.17. The predicted molar refractivity (Wildman–Crippen MR) is 87.0 cm³/mol. The Morgan fingerprint density at radius 2 is 1.91 bits per heavy atom. The van der Waals surface area contributed by atoms with Crippen LogP contribution in [0.15, 0.2) is 35.2 Å². The lowest BCUT2D eigenvalue weighted by Crippen LogP contribution is -2.34. The molecule has 1 saturated carbocycles. The number of rotatable bonds is 5. The Morgan fingerprint density at radius 3 is 2.57 bits per heavy atom. The summed E-state index contributed by atoms with van der Waals surface area (Å²) in [6.45, 7) is 0.515. The number of nitrogens with zero attached hydrogens (tertiary/aromatic N) is 2. The van der Waals surface area contributed by atoms with Crippen LogP contribution in [-0.2, 0) is 6.54 Å². The van der Waals surface area contributed by atoms with E-state index in [2.05, 4.69) is 20.6 Å². The second-order valence-corrected chi connectivity index (χ2v) is 5.89. The van der Waals surface area contributed by atoms with E-state index in [0.29, 0.717) is 18.1 Å². The monoisotopic (exact) mass is 314 g/mol. The maximum absolute atomic E-state index is 12.3. The molecule has 0 bridgehead atoms. The summed E-state index contributed by atoms with van der Waals surface area (Å²) in [5.74, 6) is 1.20. The molecule has 122 valence electrons. The molecule has 3 rings (SSSR count). The number of nitrogens with one attached hydrogen (secondary N) is 2. The van der Waals surface area contributed by atoms with Crippen molar-refractivity contribution < 1.29 is 9.21 Å². The minimum Gasteiger partial charge on any atom is -0.467 e. The van der Waals surface area contributed by atoms with Crippen molar-refractivity contribution in [1.29, 1.82) is 0 Å². The van der Waals surface area contributed by atoms with Crippen molar-refractivity contribution in [3.8, 4) is 0 Å². The Bertz CT molecular complexity index is 602. The van der Waals surface area contributed by atoms with Crippen LogP contribution in [0.25, 0.3) is 0 Å². The number of aromatic nitrogens is 2. The maximum Gasteiger partial charge on any atom is 0.254 e. The summed E-state index contributed by atoms with van der Waals surface area (Å²) < 4.78 is 5.23. The first-order chi connectivity index (χ1) is 11.3. The number of hydrogen-bond acceptors (Lipinski definition) is 5. The fourth-order valence-electron chi connectivity index (χ4n) is 2.81. The van der Waals surface area contributed by atoms with Crippen LogP contribution >= 0.6 is 0 Å². The van der Waals surface area contributed by atoms with Crippen molar-refractivity contribution in [3.63, 3.8) is 0 Å². The first kappa shape index (κ1) is 15.5. The number of furan rings is 1. The van der Waals surface area contributed by atoms with Gasteiger partial charge in [0.05, 0.1) is 18.4 Å². The Hall–Kier alpha value is -2.37. The first-order valence-electron chi connectivity index (χ1n) is 8.20. The molecule has 2 heterocycles. The van der Waals surface area contributed by atoms with Gasteiger partial charge in [-0.1, -0.05) is 25.7 Å². The lowest BCUT2D eigenvalue weighted by molar-refractivity contribution is 0.0932. The van der Waals surface area contributed by atoms with Crippen molar-refractivity contribution in [1.82, 2.24) is 15.3 Å². The van der Waals surface area contributed by atoms with Gasteiger partial charge in [-0.05, 0) is 25.0 Å². The summed E-state index contributed by atoms with van der Waals surface area (Å²) in [7, 11) is 0. The molecule has 0 radical (unpaired) electrons. The van der Waals surface area contributed by atoms with Crippen LogP contribution in [0.3, 0.4) is 0 Å². The maximum atomic E-state index is 12.3. The molecule has 1 aliphatic rings. The Morgan fingerprint density at radius 1 is 1.17 bits per heavy atom. The van der Waals surface area contributed by atoms with Crippen LogP contribution in [0.1, 0.15) is 54.6 Å². The third kappa shape index (κ3) is 4.55. The van der Waals surface area contributed by atoms with E-state index in [1.165, 1.54) is 25.7 Å². The van der Waals surface area contributed by atoms with Gasteiger partial charge in [-0.3, -0.25) is 4.79 Å². The smallest absolute Gasteiger partial charge is 0.254 e. The van der Waals surface area contributed by atoms with Gasteiger partial charge in [0, 0.05) is 18.4 Å². The van der Waals surface area contributed by atoms with Gasteiger partial charge in [0.15, 0.2) is 0 Å². The number of carbonyl (C=O) groups is 1. The van der Waals surface area contributed by atoms with E-state index in [9.17, 15) is 4.79 Å². The molecule has 0 spiro atoms. The molecule has 0 unspecified atom stereocenters.